The first-order valence-corrected chi connectivity index (χ1v) is 8.01. The van der Waals surface area contributed by atoms with Crippen molar-refractivity contribution >= 4 is 17.5 Å². The van der Waals surface area contributed by atoms with E-state index in [0.717, 1.165) is 30.7 Å². The topological polar surface area (TPSA) is 58.6 Å². The normalized spacial score (nSPS) is 21.0. The Balaban J connectivity index is 1.61. The Labute approximate surface area is 130 Å². The molecule has 1 aromatic rings. The van der Waals surface area contributed by atoms with Crippen molar-refractivity contribution in [3.05, 3.63) is 24.3 Å². The lowest BCUT2D eigenvalue weighted by Gasteiger charge is -2.17. The van der Waals surface area contributed by atoms with Gasteiger partial charge in [-0.25, -0.2) is 0 Å². The average Bonchev–Trinajstić information content (AvgIpc) is 3.25. The van der Waals surface area contributed by atoms with Crippen LogP contribution < -0.4 is 15.0 Å². The highest BCUT2D eigenvalue weighted by Crippen LogP contribution is 2.28. The minimum atomic E-state index is -0.232. The molecule has 118 valence electrons. The highest BCUT2D eigenvalue weighted by atomic mass is 16.5. The smallest absolute Gasteiger partial charge is 0.227 e. The minimum absolute atomic E-state index is 0.0122. The molecule has 0 aromatic heterocycles. The molecule has 0 radical (unpaired) electrons. The van der Waals surface area contributed by atoms with E-state index in [2.05, 4.69) is 12.2 Å². The lowest BCUT2D eigenvalue weighted by atomic mass is 10.1. The first kappa shape index (κ1) is 14.9. The third-order valence-electron chi connectivity index (χ3n) is 4.04. The number of rotatable bonds is 6. The molecule has 2 fully saturated rings. The van der Waals surface area contributed by atoms with Crippen molar-refractivity contribution in [2.75, 3.05) is 18.1 Å². The van der Waals surface area contributed by atoms with Crippen LogP contribution in [0.4, 0.5) is 5.69 Å². The zero-order valence-electron chi connectivity index (χ0n) is 12.9. The van der Waals surface area contributed by atoms with Crippen LogP contribution in [-0.4, -0.2) is 31.0 Å². The molecular formula is C17H22N2O3. The summed E-state index contributed by atoms with van der Waals surface area (Å²) in [6, 6.07) is 7.84. The average molecular weight is 302 g/mol. The molecule has 0 bridgehead atoms. The molecule has 1 aromatic carbocycles. The van der Waals surface area contributed by atoms with Crippen molar-refractivity contribution in [1.29, 1.82) is 0 Å². The molecule has 5 nitrogen and oxygen atoms in total. The van der Waals surface area contributed by atoms with Crippen LogP contribution in [0, 0.1) is 5.92 Å². The Bertz CT molecular complexity index is 552. The first-order valence-electron chi connectivity index (χ1n) is 8.01. The summed E-state index contributed by atoms with van der Waals surface area (Å²) in [5.74, 6) is 0.601. The Morgan fingerprint density at radius 2 is 2.05 bits per heavy atom. The molecule has 1 N–H and O–H groups in total. The van der Waals surface area contributed by atoms with E-state index < -0.39 is 0 Å². The lowest BCUT2D eigenvalue weighted by Crippen LogP contribution is -2.34. The Morgan fingerprint density at radius 3 is 2.68 bits per heavy atom. The van der Waals surface area contributed by atoms with Crippen molar-refractivity contribution in [3.63, 3.8) is 0 Å². The summed E-state index contributed by atoms with van der Waals surface area (Å²) in [4.78, 5) is 25.9. The minimum Gasteiger partial charge on any atom is -0.494 e. The predicted octanol–water partition coefficient (Wildman–Crippen LogP) is 2.11. The van der Waals surface area contributed by atoms with Crippen molar-refractivity contribution < 1.29 is 14.3 Å². The van der Waals surface area contributed by atoms with Gasteiger partial charge >= 0.3 is 0 Å². The maximum atomic E-state index is 12.2. The van der Waals surface area contributed by atoms with Crippen molar-refractivity contribution in [2.45, 2.75) is 38.6 Å². The number of ether oxygens (including phenoxy) is 1. The number of carbonyl (C=O) groups is 2. The van der Waals surface area contributed by atoms with Gasteiger partial charge in [-0.3, -0.25) is 9.59 Å². The van der Waals surface area contributed by atoms with E-state index >= 15 is 0 Å². The SMILES string of the molecule is CCCOc1ccc(N2C[C@H](C(=O)NC3CC3)CC2=O)cc1. The van der Waals surface area contributed by atoms with Crippen LogP contribution in [-0.2, 0) is 9.59 Å². The van der Waals surface area contributed by atoms with Gasteiger partial charge in [0.25, 0.3) is 0 Å². The largest absolute Gasteiger partial charge is 0.494 e. The fourth-order valence-corrected chi connectivity index (χ4v) is 2.62. The van der Waals surface area contributed by atoms with Crippen LogP contribution in [0.5, 0.6) is 5.75 Å². The van der Waals surface area contributed by atoms with E-state index in [4.69, 9.17) is 4.74 Å². The lowest BCUT2D eigenvalue weighted by molar-refractivity contribution is -0.126. The van der Waals surface area contributed by atoms with E-state index in [9.17, 15) is 9.59 Å². The number of amides is 2. The number of carbonyl (C=O) groups excluding carboxylic acids is 2. The number of hydrogen-bond donors (Lipinski definition) is 1. The monoisotopic (exact) mass is 302 g/mol. The summed E-state index contributed by atoms with van der Waals surface area (Å²) in [5, 5.41) is 2.98. The van der Waals surface area contributed by atoms with Crippen LogP contribution in [0.1, 0.15) is 32.6 Å². The zero-order chi connectivity index (χ0) is 15.5. The second-order valence-electron chi connectivity index (χ2n) is 6.03. The quantitative estimate of drug-likeness (QED) is 0.875. The molecule has 2 amide bonds. The van der Waals surface area contributed by atoms with E-state index in [1.54, 1.807) is 4.90 Å². The van der Waals surface area contributed by atoms with Crippen LogP contribution in [0.15, 0.2) is 24.3 Å². The van der Waals surface area contributed by atoms with Crippen molar-refractivity contribution in [2.24, 2.45) is 5.92 Å². The van der Waals surface area contributed by atoms with Gasteiger partial charge in [-0.2, -0.15) is 0 Å². The number of hydrogen-bond acceptors (Lipinski definition) is 3. The van der Waals surface area contributed by atoms with Gasteiger partial charge in [0.15, 0.2) is 0 Å². The molecule has 3 rings (SSSR count). The second-order valence-corrected chi connectivity index (χ2v) is 6.03. The summed E-state index contributed by atoms with van der Waals surface area (Å²) < 4.78 is 5.54. The summed E-state index contributed by atoms with van der Waals surface area (Å²) in [6.07, 6.45) is 3.39. The van der Waals surface area contributed by atoms with Crippen LogP contribution >= 0.6 is 0 Å². The molecular weight excluding hydrogens is 280 g/mol. The van der Waals surface area contributed by atoms with E-state index in [1.165, 1.54) is 0 Å². The third-order valence-corrected chi connectivity index (χ3v) is 4.04. The Hall–Kier alpha value is -2.04. The molecule has 1 saturated carbocycles. The number of nitrogens with one attached hydrogen (secondary N) is 1. The number of nitrogens with zero attached hydrogens (tertiary/aromatic N) is 1. The summed E-state index contributed by atoms with van der Waals surface area (Å²) >= 11 is 0. The molecule has 1 aliphatic heterocycles. The molecule has 2 aliphatic rings. The van der Waals surface area contributed by atoms with Gasteiger partial charge in [-0.05, 0) is 43.5 Å². The van der Waals surface area contributed by atoms with Gasteiger partial charge in [0.05, 0.1) is 12.5 Å². The van der Waals surface area contributed by atoms with Gasteiger partial charge in [0, 0.05) is 24.7 Å². The van der Waals surface area contributed by atoms with Crippen molar-refractivity contribution in [1.82, 2.24) is 5.32 Å². The van der Waals surface area contributed by atoms with Gasteiger partial charge < -0.3 is 15.0 Å². The third kappa shape index (κ3) is 3.40. The molecule has 1 aliphatic carbocycles. The maximum Gasteiger partial charge on any atom is 0.227 e. The highest BCUT2D eigenvalue weighted by Gasteiger charge is 2.37. The molecule has 1 atom stereocenters. The van der Waals surface area contributed by atoms with Gasteiger partial charge in [0.1, 0.15) is 5.75 Å². The zero-order valence-corrected chi connectivity index (χ0v) is 12.9. The second kappa shape index (κ2) is 6.38. The van der Waals surface area contributed by atoms with Gasteiger partial charge in [-0.15, -0.1) is 0 Å². The molecule has 1 heterocycles. The van der Waals surface area contributed by atoms with E-state index in [0.29, 0.717) is 25.6 Å². The number of anilines is 1. The summed E-state index contributed by atoms with van der Waals surface area (Å²) in [6.45, 7) is 3.21. The summed E-state index contributed by atoms with van der Waals surface area (Å²) in [5.41, 5.74) is 0.829. The molecule has 5 heteroatoms. The maximum absolute atomic E-state index is 12.2. The first-order chi connectivity index (χ1) is 10.7. The fraction of sp³-hybridized carbons (Fsp3) is 0.529. The number of benzene rings is 1. The van der Waals surface area contributed by atoms with Crippen LogP contribution in [0.3, 0.4) is 0 Å². The Morgan fingerprint density at radius 1 is 1.32 bits per heavy atom. The fourth-order valence-electron chi connectivity index (χ4n) is 2.62. The highest BCUT2D eigenvalue weighted by molar-refractivity contribution is 6.00. The Kier molecular flexibility index (Phi) is 4.32. The van der Waals surface area contributed by atoms with Gasteiger partial charge in [0.2, 0.25) is 11.8 Å². The van der Waals surface area contributed by atoms with Gasteiger partial charge in [-0.1, -0.05) is 6.92 Å². The van der Waals surface area contributed by atoms with E-state index in [-0.39, 0.29) is 17.7 Å². The molecule has 0 unspecified atom stereocenters. The molecule has 1 saturated heterocycles. The summed E-state index contributed by atoms with van der Waals surface area (Å²) in [7, 11) is 0. The van der Waals surface area contributed by atoms with Crippen LogP contribution in [0.25, 0.3) is 0 Å². The van der Waals surface area contributed by atoms with Crippen LogP contribution in [0.2, 0.25) is 0 Å². The predicted molar refractivity (Wildman–Crippen MR) is 83.9 cm³/mol. The van der Waals surface area contributed by atoms with E-state index in [1.807, 2.05) is 24.3 Å². The van der Waals surface area contributed by atoms with Crippen molar-refractivity contribution in [3.8, 4) is 5.75 Å². The molecule has 0 spiro atoms. The standard InChI is InChI=1S/C17H22N2O3/c1-2-9-22-15-7-5-14(6-8-15)19-11-12(10-16(19)20)17(21)18-13-3-4-13/h5-8,12-13H,2-4,9-11H2,1H3,(H,18,21)/t12-/m1/s1. The molecule has 22 heavy (non-hydrogen) atoms.